The molecule has 2 aromatic carbocycles. The summed E-state index contributed by atoms with van der Waals surface area (Å²) in [4.78, 5) is 2.55. The fraction of sp³-hybridized carbons (Fsp3) is 0.118. The smallest absolute Gasteiger partial charge is 0.239 e. The van der Waals surface area contributed by atoms with Crippen LogP contribution in [0.2, 0.25) is 0 Å². The molecule has 3 aromatic rings. The second-order valence-electron chi connectivity index (χ2n) is 5.46. The summed E-state index contributed by atoms with van der Waals surface area (Å²) in [5, 5.41) is 4.16. The molecule has 1 N–H and O–H groups in total. The molecule has 0 fully saturated rings. The van der Waals surface area contributed by atoms with E-state index in [4.69, 9.17) is 0 Å². The molecule has 0 aliphatic carbocycles. The van der Waals surface area contributed by atoms with Crippen LogP contribution in [0.5, 0.6) is 0 Å². The van der Waals surface area contributed by atoms with Gasteiger partial charge in [-0.1, -0.05) is 18.2 Å². The summed E-state index contributed by atoms with van der Waals surface area (Å²) in [6.45, 7) is 1.62. The lowest BCUT2D eigenvalue weighted by Gasteiger charge is -2.17. The minimum atomic E-state index is -4.39. The molecular formula is C17H13F3N2O2S2. The van der Waals surface area contributed by atoms with Crippen molar-refractivity contribution in [2.24, 2.45) is 0 Å². The summed E-state index contributed by atoms with van der Waals surface area (Å²) >= 11 is 0.766. The summed E-state index contributed by atoms with van der Waals surface area (Å²) in [7, 11) is -4.39. The third kappa shape index (κ3) is 3.45. The average Bonchev–Trinajstić information content (AvgIpc) is 3.09. The molecule has 0 saturated heterocycles. The number of benzene rings is 2. The highest BCUT2D eigenvalue weighted by atomic mass is 32.2. The second-order valence-corrected chi connectivity index (χ2v) is 8.41. The molecule has 4 nitrogen and oxygen atoms in total. The minimum Gasteiger partial charge on any atom is -0.378 e. The van der Waals surface area contributed by atoms with E-state index >= 15 is 0 Å². The van der Waals surface area contributed by atoms with E-state index in [1.807, 2.05) is 0 Å². The molecule has 1 atom stereocenters. The summed E-state index contributed by atoms with van der Waals surface area (Å²) in [6, 6.07) is 7.13. The van der Waals surface area contributed by atoms with Gasteiger partial charge in [-0.3, -0.25) is 0 Å². The SMILES string of the molecule is C[C@H](Nc1cc(F)c(S(=O)(=O)c2nccs2)c(F)c1)c1ccccc1F. The predicted octanol–water partition coefficient (Wildman–Crippen LogP) is 4.57. The van der Waals surface area contributed by atoms with Crippen molar-refractivity contribution in [2.75, 3.05) is 5.32 Å². The number of rotatable bonds is 5. The van der Waals surface area contributed by atoms with E-state index in [2.05, 4.69) is 10.3 Å². The Morgan fingerprint density at radius 3 is 2.31 bits per heavy atom. The van der Waals surface area contributed by atoms with Crippen molar-refractivity contribution in [3.8, 4) is 0 Å². The van der Waals surface area contributed by atoms with Gasteiger partial charge in [0, 0.05) is 22.8 Å². The molecule has 0 bridgehead atoms. The van der Waals surface area contributed by atoms with Crippen LogP contribution in [0.25, 0.3) is 0 Å². The highest BCUT2D eigenvalue weighted by Gasteiger charge is 2.29. The summed E-state index contributed by atoms with van der Waals surface area (Å²) in [5.41, 5.74) is 0.307. The zero-order valence-corrected chi connectivity index (χ0v) is 15.0. The molecular weight excluding hydrogens is 385 g/mol. The van der Waals surface area contributed by atoms with E-state index < -0.39 is 42.6 Å². The fourth-order valence-corrected chi connectivity index (χ4v) is 4.77. The van der Waals surface area contributed by atoms with Gasteiger partial charge in [0.05, 0.1) is 6.04 Å². The second kappa shape index (κ2) is 7.08. The Hall–Kier alpha value is -2.39. The van der Waals surface area contributed by atoms with Crippen LogP contribution in [0.3, 0.4) is 0 Å². The standard InChI is InChI=1S/C17H13F3N2O2S2/c1-10(12-4-2-3-5-13(12)18)22-11-8-14(19)16(15(20)9-11)26(23,24)17-21-6-7-25-17/h2-10,22H,1H3/t10-/m0/s1. The predicted molar refractivity (Wildman–Crippen MR) is 92.4 cm³/mol. The summed E-state index contributed by atoms with van der Waals surface area (Å²) in [6.07, 6.45) is 1.24. The van der Waals surface area contributed by atoms with Crippen molar-refractivity contribution in [3.05, 3.63) is 71.0 Å². The molecule has 0 unspecified atom stereocenters. The van der Waals surface area contributed by atoms with E-state index in [0.717, 1.165) is 23.5 Å². The average molecular weight is 398 g/mol. The van der Waals surface area contributed by atoms with Crippen LogP contribution in [0, 0.1) is 17.5 Å². The minimum absolute atomic E-state index is 0.00570. The van der Waals surface area contributed by atoms with Gasteiger partial charge in [0.2, 0.25) is 14.2 Å². The van der Waals surface area contributed by atoms with Crippen LogP contribution >= 0.6 is 11.3 Å². The molecule has 0 aliphatic heterocycles. The lowest BCUT2D eigenvalue weighted by molar-refractivity contribution is 0.519. The lowest BCUT2D eigenvalue weighted by Crippen LogP contribution is -2.11. The van der Waals surface area contributed by atoms with E-state index in [0.29, 0.717) is 5.56 Å². The summed E-state index contributed by atoms with van der Waals surface area (Å²) in [5.74, 6) is -2.96. The van der Waals surface area contributed by atoms with Crippen LogP contribution in [0.1, 0.15) is 18.5 Å². The Bertz CT molecular complexity index is 1010. The monoisotopic (exact) mass is 398 g/mol. The van der Waals surface area contributed by atoms with Crippen molar-refractivity contribution in [2.45, 2.75) is 22.2 Å². The maximum absolute atomic E-state index is 14.4. The third-order valence-electron chi connectivity index (χ3n) is 3.66. The van der Waals surface area contributed by atoms with Crippen molar-refractivity contribution in [1.29, 1.82) is 0 Å². The number of aromatic nitrogens is 1. The Morgan fingerprint density at radius 1 is 1.08 bits per heavy atom. The van der Waals surface area contributed by atoms with Gasteiger partial charge < -0.3 is 5.32 Å². The van der Waals surface area contributed by atoms with Gasteiger partial charge in [-0.05, 0) is 25.1 Å². The van der Waals surface area contributed by atoms with Crippen molar-refractivity contribution < 1.29 is 21.6 Å². The first kappa shape index (κ1) is 18.4. The van der Waals surface area contributed by atoms with E-state index in [9.17, 15) is 21.6 Å². The Balaban J connectivity index is 1.94. The van der Waals surface area contributed by atoms with E-state index in [1.54, 1.807) is 19.1 Å². The fourth-order valence-electron chi connectivity index (χ4n) is 2.48. The maximum atomic E-state index is 14.4. The van der Waals surface area contributed by atoms with Crippen LogP contribution in [0.4, 0.5) is 18.9 Å². The molecule has 1 aromatic heterocycles. The number of nitrogens with one attached hydrogen (secondary N) is 1. The zero-order chi connectivity index (χ0) is 18.9. The van der Waals surface area contributed by atoms with Gasteiger partial charge in [-0.15, -0.1) is 11.3 Å². The number of nitrogens with zero attached hydrogens (tertiary/aromatic N) is 1. The van der Waals surface area contributed by atoms with E-state index in [-0.39, 0.29) is 5.69 Å². The van der Waals surface area contributed by atoms with Gasteiger partial charge >= 0.3 is 0 Å². The number of hydrogen-bond donors (Lipinski definition) is 1. The van der Waals surface area contributed by atoms with Gasteiger partial charge in [0.1, 0.15) is 22.3 Å². The molecule has 0 amide bonds. The molecule has 26 heavy (non-hydrogen) atoms. The zero-order valence-electron chi connectivity index (χ0n) is 13.4. The molecule has 3 rings (SSSR count). The third-order valence-corrected chi connectivity index (χ3v) is 6.67. The largest absolute Gasteiger partial charge is 0.378 e. The molecule has 136 valence electrons. The maximum Gasteiger partial charge on any atom is 0.239 e. The first-order valence-corrected chi connectivity index (χ1v) is 9.81. The number of halogens is 3. The first-order chi connectivity index (χ1) is 12.3. The van der Waals surface area contributed by atoms with Crippen LogP contribution in [-0.2, 0) is 9.84 Å². The molecule has 0 spiro atoms. The van der Waals surface area contributed by atoms with Crippen LogP contribution in [0.15, 0.2) is 57.2 Å². The number of sulfone groups is 1. The lowest BCUT2D eigenvalue weighted by atomic mass is 10.1. The van der Waals surface area contributed by atoms with Gasteiger partial charge in [-0.2, -0.15) is 0 Å². The van der Waals surface area contributed by atoms with Crippen molar-refractivity contribution in [1.82, 2.24) is 4.98 Å². The number of anilines is 1. The van der Waals surface area contributed by atoms with Gasteiger partial charge in [-0.25, -0.2) is 26.6 Å². The highest BCUT2D eigenvalue weighted by molar-refractivity contribution is 7.93. The first-order valence-electron chi connectivity index (χ1n) is 7.45. The number of thiazole rings is 1. The number of hydrogen-bond acceptors (Lipinski definition) is 5. The molecule has 1 heterocycles. The van der Waals surface area contributed by atoms with Gasteiger partial charge in [0.15, 0.2) is 0 Å². The Kier molecular flexibility index (Phi) is 5.01. The van der Waals surface area contributed by atoms with E-state index in [1.165, 1.54) is 23.7 Å². The normalized spacial score (nSPS) is 12.8. The topological polar surface area (TPSA) is 59.1 Å². The van der Waals surface area contributed by atoms with Gasteiger partial charge in [0.25, 0.3) is 0 Å². The molecule has 9 heteroatoms. The van der Waals surface area contributed by atoms with Crippen molar-refractivity contribution in [3.63, 3.8) is 0 Å². The van der Waals surface area contributed by atoms with Crippen LogP contribution in [-0.4, -0.2) is 13.4 Å². The quantitative estimate of drug-likeness (QED) is 0.684. The Morgan fingerprint density at radius 2 is 1.73 bits per heavy atom. The molecule has 0 aliphatic rings. The molecule has 0 saturated carbocycles. The highest BCUT2D eigenvalue weighted by Crippen LogP contribution is 2.31. The van der Waals surface area contributed by atoms with Crippen LogP contribution < -0.4 is 5.32 Å². The summed E-state index contributed by atoms with van der Waals surface area (Å²) < 4.78 is 66.8. The molecule has 0 radical (unpaired) electrons. The van der Waals surface area contributed by atoms with Crippen molar-refractivity contribution >= 4 is 26.9 Å². The Labute approximate surface area is 152 Å².